The van der Waals surface area contributed by atoms with Crippen LogP contribution in [-0.4, -0.2) is 37.6 Å². The highest BCUT2D eigenvalue weighted by Crippen LogP contribution is 2.30. The number of hydrogen-bond donors (Lipinski definition) is 0. The molecule has 0 bridgehead atoms. The SMILES string of the molecule is CCC1CN(C)CCCN1c1ccc(C#N)cc1Br. The molecule has 102 valence electrons. The van der Waals surface area contributed by atoms with Gasteiger partial charge < -0.3 is 9.80 Å². The highest BCUT2D eigenvalue weighted by molar-refractivity contribution is 9.10. The van der Waals surface area contributed by atoms with E-state index >= 15 is 0 Å². The number of hydrogen-bond acceptors (Lipinski definition) is 3. The van der Waals surface area contributed by atoms with Gasteiger partial charge in [0, 0.05) is 23.6 Å². The fraction of sp³-hybridized carbons (Fsp3) is 0.533. The summed E-state index contributed by atoms with van der Waals surface area (Å²) in [5, 5.41) is 8.95. The molecule has 0 radical (unpaired) electrons. The van der Waals surface area contributed by atoms with Crippen LogP contribution in [0.5, 0.6) is 0 Å². The molecule has 1 atom stereocenters. The lowest BCUT2D eigenvalue weighted by atomic mass is 10.1. The maximum atomic E-state index is 8.95. The lowest BCUT2D eigenvalue weighted by Gasteiger charge is -2.33. The van der Waals surface area contributed by atoms with E-state index in [1.54, 1.807) is 0 Å². The minimum atomic E-state index is 0.539. The largest absolute Gasteiger partial charge is 0.366 e. The van der Waals surface area contributed by atoms with Gasteiger partial charge in [0.25, 0.3) is 0 Å². The zero-order valence-corrected chi connectivity index (χ0v) is 13.2. The predicted octanol–water partition coefficient (Wildman–Crippen LogP) is 3.24. The summed E-state index contributed by atoms with van der Waals surface area (Å²) < 4.78 is 1.02. The van der Waals surface area contributed by atoms with E-state index in [1.165, 1.54) is 12.1 Å². The standard InChI is InChI=1S/C15H20BrN3/c1-3-13-11-18(2)7-4-8-19(13)15-6-5-12(10-17)9-14(15)16/h5-6,9,13H,3-4,7-8,11H2,1-2H3. The van der Waals surface area contributed by atoms with E-state index < -0.39 is 0 Å². The van der Waals surface area contributed by atoms with Crippen LogP contribution in [0.1, 0.15) is 25.3 Å². The topological polar surface area (TPSA) is 30.3 Å². The number of likely N-dealkylation sites (N-methyl/N-ethyl adjacent to an activating group) is 1. The van der Waals surface area contributed by atoms with E-state index in [2.05, 4.69) is 51.8 Å². The third-order valence-corrected chi connectivity index (χ3v) is 4.39. The lowest BCUT2D eigenvalue weighted by Crippen LogP contribution is -2.40. The van der Waals surface area contributed by atoms with Gasteiger partial charge in [-0.15, -0.1) is 0 Å². The first-order valence-electron chi connectivity index (χ1n) is 6.80. The highest BCUT2D eigenvalue weighted by Gasteiger charge is 2.23. The van der Waals surface area contributed by atoms with E-state index in [-0.39, 0.29) is 0 Å². The third kappa shape index (κ3) is 3.29. The van der Waals surface area contributed by atoms with Crippen LogP contribution in [0.2, 0.25) is 0 Å². The Balaban J connectivity index is 2.30. The van der Waals surface area contributed by atoms with Gasteiger partial charge in [0.1, 0.15) is 0 Å². The zero-order valence-electron chi connectivity index (χ0n) is 11.6. The fourth-order valence-electron chi connectivity index (χ4n) is 2.72. The quantitative estimate of drug-likeness (QED) is 0.837. The average Bonchev–Trinajstić information content (AvgIpc) is 2.60. The molecule has 4 heteroatoms. The van der Waals surface area contributed by atoms with Gasteiger partial charge in [0.15, 0.2) is 0 Å². The van der Waals surface area contributed by atoms with Crippen molar-refractivity contribution in [1.29, 1.82) is 5.26 Å². The molecule has 0 amide bonds. The normalized spacial score (nSPS) is 20.9. The van der Waals surface area contributed by atoms with Crippen LogP contribution < -0.4 is 4.90 Å². The maximum absolute atomic E-state index is 8.95. The second kappa shape index (κ2) is 6.40. The number of rotatable bonds is 2. The molecular formula is C15H20BrN3. The molecule has 1 aliphatic heterocycles. The van der Waals surface area contributed by atoms with Crippen molar-refractivity contribution < 1.29 is 0 Å². The van der Waals surface area contributed by atoms with Gasteiger partial charge in [-0.1, -0.05) is 6.92 Å². The molecule has 19 heavy (non-hydrogen) atoms. The van der Waals surface area contributed by atoms with E-state index in [4.69, 9.17) is 5.26 Å². The number of benzene rings is 1. The van der Waals surface area contributed by atoms with Gasteiger partial charge >= 0.3 is 0 Å². The smallest absolute Gasteiger partial charge is 0.0992 e. The summed E-state index contributed by atoms with van der Waals surface area (Å²) in [6.45, 7) is 5.57. The maximum Gasteiger partial charge on any atom is 0.0992 e. The van der Waals surface area contributed by atoms with Gasteiger partial charge in [0.2, 0.25) is 0 Å². The van der Waals surface area contributed by atoms with Crippen LogP contribution in [0.4, 0.5) is 5.69 Å². The summed E-state index contributed by atoms with van der Waals surface area (Å²) in [5.74, 6) is 0. The summed E-state index contributed by atoms with van der Waals surface area (Å²) >= 11 is 3.61. The van der Waals surface area contributed by atoms with E-state index in [1.807, 2.05) is 12.1 Å². The van der Waals surface area contributed by atoms with Crippen molar-refractivity contribution in [3.63, 3.8) is 0 Å². The van der Waals surface area contributed by atoms with Crippen LogP contribution in [0, 0.1) is 11.3 Å². The van der Waals surface area contributed by atoms with Gasteiger partial charge in [-0.25, -0.2) is 0 Å². The first kappa shape index (κ1) is 14.4. The Labute approximate surface area is 123 Å². The summed E-state index contributed by atoms with van der Waals surface area (Å²) in [4.78, 5) is 4.89. The Bertz CT molecular complexity index is 481. The second-order valence-corrected chi connectivity index (χ2v) is 6.00. The Hall–Kier alpha value is -1.05. The van der Waals surface area contributed by atoms with E-state index in [0.717, 1.165) is 30.5 Å². The Morgan fingerprint density at radius 1 is 1.42 bits per heavy atom. The van der Waals surface area contributed by atoms with Crippen LogP contribution in [0.25, 0.3) is 0 Å². The summed E-state index contributed by atoms with van der Waals surface area (Å²) in [6, 6.07) is 8.61. The molecule has 1 aliphatic rings. The zero-order chi connectivity index (χ0) is 13.8. The van der Waals surface area contributed by atoms with Crippen molar-refractivity contribution in [2.24, 2.45) is 0 Å². The van der Waals surface area contributed by atoms with Crippen molar-refractivity contribution >= 4 is 21.6 Å². The Kier molecular flexibility index (Phi) is 4.84. The van der Waals surface area contributed by atoms with Crippen molar-refractivity contribution in [1.82, 2.24) is 4.90 Å². The third-order valence-electron chi connectivity index (χ3n) is 3.76. The Morgan fingerprint density at radius 2 is 2.21 bits per heavy atom. The van der Waals surface area contributed by atoms with E-state index in [9.17, 15) is 0 Å². The second-order valence-electron chi connectivity index (χ2n) is 5.15. The summed E-state index contributed by atoms with van der Waals surface area (Å²) in [6.07, 6.45) is 2.32. The molecule has 0 N–H and O–H groups in total. The average molecular weight is 322 g/mol. The highest BCUT2D eigenvalue weighted by atomic mass is 79.9. The number of nitriles is 1. The van der Waals surface area contributed by atoms with Crippen LogP contribution in [0.15, 0.2) is 22.7 Å². The molecule has 0 saturated carbocycles. The molecule has 1 aromatic rings. The molecule has 2 rings (SSSR count). The number of halogens is 1. The van der Waals surface area contributed by atoms with Gasteiger partial charge in [-0.3, -0.25) is 0 Å². The van der Waals surface area contributed by atoms with Gasteiger partial charge in [-0.05, 0) is 60.6 Å². The molecule has 0 aromatic heterocycles. The molecule has 1 fully saturated rings. The molecule has 0 aliphatic carbocycles. The molecule has 1 unspecified atom stereocenters. The van der Waals surface area contributed by atoms with Crippen molar-refractivity contribution in [3.8, 4) is 6.07 Å². The summed E-state index contributed by atoms with van der Waals surface area (Å²) in [7, 11) is 2.19. The van der Waals surface area contributed by atoms with Gasteiger partial charge in [-0.2, -0.15) is 5.26 Å². The van der Waals surface area contributed by atoms with E-state index in [0.29, 0.717) is 11.6 Å². The number of anilines is 1. The molecule has 3 nitrogen and oxygen atoms in total. The first-order chi connectivity index (χ1) is 9.15. The minimum Gasteiger partial charge on any atom is -0.366 e. The summed E-state index contributed by atoms with van der Waals surface area (Å²) in [5.41, 5.74) is 1.91. The lowest BCUT2D eigenvalue weighted by molar-refractivity contribution is 0.328. The van der Waals surface area contributed by atoms with Crippen molar-refractivity contribution in [2.75, 3.05) is 31.6 Å². The predicted molar refractivity (Wildman–Crippen MR) is 82.4 cm³/mol. The van der Waals surface area contributed by atoms with Crippen LogP contribution >= 0.6 is 15.9 Å². The van der Waals surface area contributed by atoms with Crippen molar-refractivity contribution in [3.05, 3.63) is 28.2 Å². The molecule has 1 heterocycles. The monoisotopic (exact) mass is 321 g/mol. The van der Waals surface area contributed by atoms with Crippen molar-refractivity contribution in [2.45, 2.75) is 25.8 Å². The number of nitrogens with zero attached hydrogens (tertiary/aromatic N) is 3. The first-order valence-corrected chi connectivity index (χ1v) is 7.59. The van der Waals surface area contributed by atoms with Crippen LogP contribution in [0.3, 0.4) is 0 Å². The molecule has 1 saturated heterocycles. The molecule has 0 spiro atoms. The minimum absolute atomic E-state index is 0.539. The molecule has 1 aromatic carbocycles. The van der Waals surface area contributed by atoms with Crippen LogP contribution in [-0.2, 0) is 0 Å². The fourth-order valence-corrected chi connectivity index (χ4v) is 3.33. The Morgan fingerprint density at radius 3 is 2.84 bits per heavy atom. The van der Waals surface area contributed by atoms with Gasteiger partial charge in [0.05, 0.1) is 17.3 Å². The molecular weight excluding hydrogens is 302 g/mol.